The molecule has 1 saturated heterocycles. The molecule has 0 aliphatic carbocycles. The second-order valence-corrected chi connectivity index (χ2v) is 7.83. The number of nitrogens with two attached hydrogens (primary N) is 2. The number of hydrogen-bond acceptors (Lipinski definition) is 6. The SMILES string of the molecule is Nc1nc(N)c2c(OCC3CCN(C(=O)c4cccc(C(F)(F)F)c4F)CC3)cccc2n1. The number of carbonyl (C=O) groups excluding carboxylic acids is 1. The summed E-state index contributed by atoms with van der Waals surface area (Å²) in [7, 11) is 0. The predicted molar refractivity (Wildman–Crippen MR) is 114 cm³/mol. The van der Waals surface area contributed by atoms with E-state index in [2.05, 4.69) is 9.97 Å². The molecule has 1 aromatic heterocycles. The van der Waals surface area contributed by atoms with Crippen LogP contribution in [-0.2, 0) is 6.18 Å². The fourth-order valence-electron chi connectivity index (χ4n) is 3.91. The molecule has 0 radical (unpaired) electrons. The highest BCUT2D eigenvalue weighted by atomic mass is 19.4. The standard InChI is InChI=1S/C22H21F4N5O2/c23-18-13(3-1-4-14(18)22(24,25)26)20(32)31-9-7-12(8-10-31)11-33-16-6-2-5-15-17(16)19(27)30-21(28)29-15/h1-6,12H,7-11H2,(H4,27,28,29,30). The van der Waals surface area contributed by atoms with Crippen molar-refractivity contribution in [3.63, 3.8) is 0 Å². The van der Waals surface area contributed by atoms with Crippen molar-refractivity contribution in [1.29, 1.82) is 0 Å². The summed E-state index contributed by atoms with van der Waals surface area (Å²) in [4.78, 5) is 22.1. The van der Waals surface area contributed by atoms with Gasteiger partial charge in [0.2, 0.25) is 5.95 Å². The summed E-state index contributed by atoms with van der Waals surface area (Å²) in [6.07, 6.45) is -3.77. The molecular weight excluding hydrogens is 442 g/mol. The molecule has 0 bridgehead atoms. The third-order valence-corrected chi connectivity index (χ3v) is 5.64. The molecular formula is C22H21F4N5O2. The minimum absolute atomic E-state index is 0.0615. The van der Waals surface area contributed by atoms with Crippen molar-refractivity contribution in [2.24, 2.45) is 5.92 Å². The van der Waals surface area contributed by atoms with Gasteiger partial charge in [-0.2, -0.15) is 18.2 Å². The molecule has 3 aromatic rings. The number of alkyl halides is 3. The number of piperidine rings is 1. The molecule has 1 amide bonds. The van der Waals surface area contributed by atoms with Gasteiger partial charge in [-0.05, 0) is 43.0 Å². The van der Waals surface area contributed by atoms with Crippen LogP contribution in [0.1, 0.15) is 28.8 Å². The fourth-order valence-corrected chi connectivity index (χ4v) is 3.91. The first kappa shape index (κ1) is 22.6. The Morgan fingerprint density at radius 3 is 2.48 bits per heavy atom. The van der Waals surface area contributed by atoms with Gasteiger partial charge in [0.05, 0.1) is 28.6 Å². The Balaban J connectivity index is 1.40. The molecule has 33 heavy (non-hydrogen) atoms. The van der Waals surface area contributed by atoms with E-state index in [1.807, 2.05) is 0 Å². The van der Waals surface area contributed by atoms with Gasteiger partial charge in [0.25, 0.3) is 5.91 Å². The van der Waals surface area contributed by atoms with Crippen molar-refractivity contribution in [2.45, 2.75) is 19.0 Å². The zero-order valence-corrected chi connectivity index (χ0v) is 17.4. The summed E-state index contributed by atoms with van der Waals surface area (Å²) in [5.41, 5.74) is 10.1. The zero-order valence-electron chi connectivity index (χ0n) is 17.4. The highest BCUT2D eigenvalue weighted by Gasteiger charge is 2.36. The predicted octanol–water partition coefficient (Wildman–Crippen LogP) is 3.88. The minimum atomic E-state index is -4.87. The maximum absolute atomic E-state index is 14.3. The average Bonchev–Trinajstić information content (AvgIpc) is 2.76. The van der Waals surface area contributed by atoms with Crippen LogP contribution in [0.2, 0.25) is 0 Å². The molecule has 1 aliphatic heterocycles. The van der Waals surface area contributed by atoms with Gasteiger partial charge in [0, 0.05) is 13.1 Å². The lowest BCUT2D eigenvalue weighted by Gasteiger charge is -2.32. The first-order valence-electron chi connectivity index (χ1n) is 10.2. The number of nitrogens with zero attached hydrogens (tertiary/aromatic N) is 3. The van der Waals surface area contributed by atoms with Crippen molar-refractivity contribution in [3.8, 4) is 5.75 Å². The fraction of sp³-hybridized carbons (Fsp3) is 0.318. The van der Waals surface area contributed by atoms with Crippen LogP contribution in [0.15, 0.2) is 36.4 Å². The molecule has 174 valence electrons. The number of hydrogen-bond donors (Lipinski definition) is 2. The highest BCUT2D eigenvalue weighted by molar-refractivity contribution is 5.95. The summed E-state index contributed by atoms with van der Waals surface area (Å²) in [5, 5.41) is 0.555. The second-order valence-electron chi connectivity index (χ2n) is 7.83. The first-order chi connectivity index (χ1) is 15.6. The van der Waals surface area contributed by atoms with Gasteiger partial charge in [-0.15, -0.1) is 0 Å². The number of ether oxygens (including phenoxy) is 1. The summed E-state index contributed by atoms with van der Waals surface area (Å²) in [5.74, 6) is -1.43. The van der Waals surface area contributed by atoms with E-state index < -0.39 is 29.0 Å². The molecule has 0 unspecified atom stereocenters. The zero-order chi connectivity index (χ0) is 23.8. The van der Waals surface area contributed by atoms with Crippen molar-refractivity contribution in [2.75, 3.05) is 31.2 Å². The number of benzene rings is 2. The van der Waals surface area contributed by atoms with Gasteiger partial charge in [-0.1, -0.05) is 12.1 Å². The summed E-state index contributed by atoms with van der Waals surface area (Å²) in [6.45, 7) is 0.891. The Hall–Kier alpha value is -3.63. The highest BCUT2D eigenvalue weighted by Crippen LogP contribution is 2.33. The average molecular weight is 463 g/mol. The van der Waals surface area contributed by atoms with Crippen molar-refractivity contribution in [1.82, 2.24) is 14.9 Å². The molecule has 4 rings (SSSR count). The Morgan fingerprint density at radius 1 is 1.09 bits per heavy atom. The number of rotatable bonds is 4. The van der Waals surface area contributed by atoms with Crippen LogP contribution < -0.4 is 16.2 Å². The quantitative estimate of drug-likeness (QED) is 0.569. The van der Waals surface area contributed by atoms with Gasteiger partial charge in [-0.25, -0.2) is 9.37 Å². The Bertz CT molecular complexity index is 1190. The van der Waals surface area contributed by atoms with Gasteiger partial charge in [0.15, 0.2) is 0 Å². The van der Waals surface area contributed by atoms with Crippen LogP contribution >= 0.6 is 0 Å². The number of carbonyl (C=O) groups is 1. The molecule has 0 saturated carbocycles. The van der Waals surface area contributed by atoms with Crippen LogP contribution in [0.25, 0.3) is 10.9 Å². The van der Waals surface area contributed by atoms with Gasteiger partial charge < -0.3 is 21.1 Å². The maximum Gasteiger partial charge on any atom is 0.419 e. The van der Waals surface area contributed by atoms with Crippen LogP contribution in [0.5, 0.6) is 5.75 Å². The number of amides is 1. The lowest BCUT2D eigenvalue weighted by atomic mass is 9.97. The van der Waals surface area contributed by atoms with Gasteiger partial charge in [-0.3, -0.25) is 4.79 Å². The summed E-state index contributed by atoms with van der Waals surface area (Å²) in [6, 6.07) is 7.97. The van der Waals surface area contributed by atoms with Gasteiger partial charge >= 0.3 is 6.18 Å². The number of halogens is 4. The maximum atomic E-state index is 14.3. The number of fused-ring (bicyclic) bond motifs is 1. The summed E-state index contributed by atoms with van der Waals surface area (Å²) < 4.78 is 59.1. The first-order valence-corrected chi connectivity index (χ1v) is 10.2. The van der Waals surface area contributed by atoms with Crippen LogP contribution in [-0.4, -0.2) is 40.5 Å². The topological polar surface area (TPSA) is 107 Å². The van der Waals surface area contributed by atoms with E-state index in [1.165, 1.54) is 4.90 Å². The molecule has 1 fully saturated rings. The van der Waals surface area contributed by atoms with E-state index in [4.69, 9.17) is 16.2 Å². The van der Waals surface area contributed by atoms with Crippen molar-refractivity contribution >= 4 is 28.6 Å². The second kappa shape index (κ2) is 8.72. The van der Waals surface area contributed by atoms with E-state index in [0.29, 0.717) is 42.2 Å². The molecule has 11 heteroatoms. The van der Waals surface area contributed by atoms with E-state index in [0.717, 1.165) is 12.1 Å². The molecule has 4 N–H and O–H groups in total. The lowest BCUT2D eigenvalue weighted by molar-refractivity contribution is -0.140. The van der Waals surface area contributed by atoms with E-state index in [9.17, 15) is 22.4 Å². The molecule has 0 atom stereocenters. The normalized spacial score (nSPS) is 15.1. The smallest absolute Gasteiger partial charge is 0.419 e. The molecule has 2 heterocycles. The Kier molecular flexibility index (Phi) is 5.96. The number of nitrogen functional groups attached to an aromatic ring is 2. The van der Waals surface area contributed by atoms with Gasteiger partial charge in [0.1, 0.15) is 17.4 Å². The van der Waals surface area contributed by atoms with Crippen molar-refractivity contribution < 1.29 is 27.1 Å². The molecule has 0 spiro atoms. The van der Waals surface area contributed by atoms with E-state index >= 15 is 0 Å². The van der Waals surface area contributed by atoms with Crippen molar-refractivity contribution in [3.05, 3.63) is 53.3 Å². The molecule has 2 aromatic carbocycles. The number of anilines is 2. The number of likely N-dealkylation sites (tertiary alicyclic amines) is 1. The van der Waals surface area contributed by atoms with E-state index in [1.54, 1.807) is 18.2 Å². The monoisotopic (exact) mass is 463 g/mol. The third-order valence-electron chi connectivity index (χ3n) is 5.64. The van der Waals surface area contributed by atoms with E-state index in [-0.39, 0.29) is 30.8 Å². The Morgan fingerprint density at radius 2 is 1.79 bits per heavy atom. The van der Waals surface area contributed by atoms with Crippen LogP contribution in [0, 0.1) is 11.7 Å². The Labute approximate surface area is 186 Å². The molecule has 1 aliphatic rings. The third kappa shape index (κ3) is 4.62. The van der Waals surface area contributed by atoms with Crippen LogP contribution in [0.3, 0.4) is 0 Å². The summed E-state index contributed by atoms with van der Waals surface area (Å²) >= 11 is 0. The van der Waals surface area contributed by atoms with Crippen LogP contribution in [0.4, 0.5) is 29.3 Å². The minimum Gasteiger partial charge on any atom is -0.492 e. The molecule has 7 nitrogen and oxygen atoms in total. The number of aromatic nitrogens is 2. The largest absolute Gasteiger partial charge is 0.492 e. The lowest BCUT2D eigenvalue weighted by Crippen LogP contribution is -2.40.